The number of aromatic nitrogens is 12. The Labute approximate surface area is 662 Å². The maximum Gasteiger partial charge on any atom is 0.149 e. The van der Waals surface area contributed by atoms with Gasteiger partial charge in [0.05, 0.1) is 70.3 Å². The van der Waals surface area contributed by atoms with E-state index in [-0.39, 0.29) is 67.0 Å². The summed E-state index contributed by atoms with van der Waals surface area (Å²) in [6.45, 7) is 37.7. The molecule has 6 aromatic carbocycles. The van der Waals surface area contributed by atoms with E-state index in [1.165, 1.54) is 0 Å². The highest BCUT2D eigenvalue weighted by atomic mass is 16.3. The third-order valence-corrected chi connectivity index (χ3v) is 20.3. The molecular weight excluding hydrogens is 1420 g/mol. The van der Waals surface area contributed by atoms with E-state index in [0.717, 1.165) is 33.4 Å². The van der Waals surface area contributed by atoms with Gasteiger partial charge in [-0.1, -0.05) is 161 Å². The van der Waals surface area contributed by atoms with E-state index in [2.05, 4.69) is 125 Å². The highest BCUT2D eigenvalue weighted by Crippen LogP contribution is 2.41. The lowest BCUT2D eigenvalue weighted by Crippen LogP contribution is -2.10. The van der Waals surface area contributed by atoms with Crippen molar-refractivity contribution in [3.63, 3.8) is 0 Å². The third kappa shape index (κ3) is 17.5. The minimum atomic E-state index is -0.335. The van der Waals surface area contributed by atoms with Gasteiger partial charge in [0.25, 0.3) is 0 Å². The normalized spacial score (nSPS) is 12.2. The minimum absolute atomic E-state index is 0.0438. The lowest BCUT2D eigenvalue weighted by Gasteiger charge is -2.20. The number of pyridine rings is 6. The van der Waals surface area contributed by atoms with Crippen molar-refractivity contribution < 1.29 is 30.6 Å². The van der Waals surface area contributed by atoms with Crippen molar-refractivity contribution in [2.45, 2.75) is 157 Å². The summed E-state index contributed by atoms with van der Waals surface area (Å²) < 4.78 is 0. The van der Waals surface area contributed by atoms with Crippen LogP contribution >= 0.6 is 0 Å². The molecule has 0 aliphatic rings. The standard InChI is InChI=1S/C96H96N12O6/c1-91(2,3)61-31-73-55-19-25-68(97-43-55)50-104-80-38-63(93(7,8)9)33-75(87(80)111)57-21-27-70(99-45-57)52-106-82-40-65(95(13,14)15)35-77(89(82)113)59-23-29-72(101-47-59)54-108-84-42-66(96(16,17)18)36-78(90(84)114)60-24-30-71(102-48-60)53-107-83-41-64(94(10,11)12)34-76(88(83)112)58-22-28-69(100-46-58)51-105-81-39-62(92(4,5)6)32-74(86(81)110)56-20-26-67(98-44-56)49-103-79(37-61)85(73)109/h19-54,109-114H,1-18H3. The van der Waals surface area contributed by atoms with Crippen LogP contribution in [0.3, 0.4) is 0 Å². The van der Waals surface area contributed by atoms with E-state index in [1.807, 2.05) is 109 Å². The number of rotatable bonds is 0. The fourth-order valence-corrected chi connectivity index (χ4v) is 12.9. The first-order chi connectivity index (χ1) is 53.7. The second-order valence-corrected chi connectivity index (χ2v) is 35.2. The molecule has 16 heterocycles. The Hall–Kier alpha value is -13.0. The van der Waals surface area contributed by atoms with Gasteiger partial charge in [-0.25, -0.2) is 0 Å². The van der Waals surface area contributed by atoms with E-state index in [1.54, 1.807) is 111 Å². The van der Waals surface area contributed by atoms with Crippen LogP contribution in [-0.2, 0) is 32.5 Å². The quantitative estimate of drug-likeness (QED) is 0.0823. The summed E-state index contributed by atoms with van der Waals surface area (Å²) in [5.74, 6) is -0.263. The molecule has 0 radical (unpaired) electrons. The van der Waals surface area contributed by atoms with Crippen molar-refractivity contribution in [2.24, 2.45) is 0 Å². The van der Waals surface area contributed by atoms with E-state index in [0.29, 0.717) is 131 Å². The van der Waals surface area contributed by atoms with Crippen LogP contribution in [0.25, 0.3) is 131 Å². The van der Waals surface area contributed by atoms with E-state index in [9.17, 15) is 30.6 Å². The van der Waals surface area contributed by atoms with Gasteiger partial charge in [0.2, 0.25) is 0 Å². The van der Waals surface area contributed by atoms with Crippen molar-refractivity contribution in [2.75, 3.05) is 0 Å². The molecule has 0 unspecified atom stereocenters. The number of nitrogens with zero attached hydrogens (tertiary/aromatic N) is 12. The van der Waals surface area contributed by atoms with Gasteiger partial charge in [0.1, 0.15) is 67.6 Å². The van der Waals surface area contributed by atoms with Crippen molar-refractivity contribution in [1.82, 2.24) is 59.8 Å². The SMILES string of the molecule is CC(C)(C)c1cc2ncc3ccc(cn3)c3cc(C(C)(C)C)cc(ncc4ccc(cn4)c4cc(C(C)(C)C)cc(ncc5ccc(cn5)c5cc(C(C)(C)C)cc(ncc6ccc(cn6)c6cc(C(C)(C)C)cc(ncc7ccc(cn7)c7cc(C(C)(C)C)cc(ncc8ccc(cn8)c(c1)c2O)c7O)c6O)c5O)c4O)c3O. The van der Waals surface area contributed by atoms with Crippen LogP contribution in [0.5, 0.6) is 34.5 Å². The molecule has 6 N–H and O–H groups in total. The van der Waals surface area contributed by atoms with Crippen LogP contribution in [0.1, 0.15) is 158 Å². The highest BCUT2D eigenvalue weighted by Gasteiger charge is 2.23. The first-order valence-corrected chi connectivity index (χ1v) is 38.0. The lowest BCUT2D eigenvalue weighted by molar-refractivity contribution is 0.484. The van der Waals surface area contributed by atoms with Gasteiger partial charge in [0.15, 0.2) is 0 Å². The Kier molecular flexibility index (Phi) is 21.3. The topological polar surface area (TPSA) is 276 Å². The molecule has 576 valence electrons. The molecule has 0 aliphatic heterocycles. The summed E-state index contributed by atoms with van der Waals surface area (Å²) in [6.07, 6.45) is 19.6. The predicted molar refractivity (Wildman–Crippen MR) is 464 cm³/mol. The number of phenolic OH excluding ortho intramolecular Hbond substituents is 6. The molecule has 16 aromatic heterocycles. The molecule has 114 heavy (non-hydrogen) atoms. The van der Waals surface area contributed by atoms with Gasteiger partial charge >= 0.3 is 0 Å². The zero-order valence-electron chi connectivity index (χ0n) is 67.8. The minimum Gasteiger partial charge on any atom is -0.505 e. The summed E-state index contributed by atoms with van der Waals surface area (Å²) in [5, 5.41) is 79.2. The van der Waals surface area contributed by atoms with Crippen molar-refractivity contribution in [1.29, 1.82) is 0 Å². The molecule has 0 spiro atoms. The second kappa shape index (κ2) is 30.6. The summed E-state index contributed by atoms with van der Waals surface area (Å²) in [7, 11) is 0. The van der Waals surface area contributed by atoms with Gasteiger partial charge in [0, 0.05) is 102 Å². The van der Waals surface area contributed by atoms with E-state index < -0.39 is 0 Å². The first-order valence-electron chi connectivity index (χ1n) is 38.0. The van der Waals surface area contributed by atoms with Crippen molar-refractivity contribution in [3.05, 3.63) is 253 Å². The Bertz CT molecular complexity index is 5560. The summed E-state index contributed by atoms with van der Waals surface area (Å²) in [5.41, 5.74) is 8.65. The van der Waals surface area contributed by atoms with Crippen LogP contribution in [0.2, 0.25) is 0 Å². The highest BCUT2D eigenvalue weighted by molar-refractivity contribution is 5.98. The fraction of sp³-hybridized carbons (Fsp3) is 0.250. The maximum absolute atomic E-state index is 12.0. The Morgan fingerprint density at radius 3 is 0.404 bits per heavy atom. The number of benzene rings is 6. The molecule has 0 saturated heterocycles. The molecule has 0 amide bonds. The van der Waals surface area contributed by atoms with Crippen LogP contribution in [0.4, 0.5) is 0 Å². The summed E-state index contributed by atoms with van der Waals surface area (Å²) >= 11 is 0. The Morgan fingerprint density at radius 2 is 0.298 bits per heavy atom. The molecule has 24 bridgehead atoms. The molecule has 18 nitrogen and oxygen atoms in total. The second-order valence-electron chi connectivity index (χ2n) is 35.2. The average Bonchev–Trinajstić information content (AvgIpc) is 0.807. The first kappa shape index (κ1) is 79.1. The van der Waals surface area contributed by atoms with Crippen LogP contribution in [-0.4, -0.2) is 90.4 Å². The Morgan fingerprint density at radius 1 is 0.167 bits per heavy atom. The van der Waals surface area contributed by atoms with Gasteiger partial charge in [-0.05, 0) is 175 Å². The van der Waals surface area contributed by atoms with Gasteiger partial charge in [-0.15, -0.1) is 0 Å². The van der Waals surface area contributed by atoms with Crippen molar-refractivity contribution in [3.8, 4) is 34.5 Å². The number of hydrogen-bond acceptors (Lipinski definition) is 18. The summed E-state index contributed by atoms with van der Waals surface area (Å²) in [4.78, 5) is 57.5. The third-order valence-electron chi connectivity index (χ3n) is 20.3. The molecule has 0 saturated carbocycles. The predicted octanol–water partition coefficient (Wildman–Crippen LogP) is 22.7. The monoisotopic (exact) mass is 1510 g/mol. The zero-order valence-corrected chi connectivity index (χ0v) is 67.8. The number of aromatic hydroxyl groups is 6. The zero-order chi connectivity index (χ0) is 81.7. The summed E-state index contributed by atoms with van der Waals surface area (Å²) in [6, 6.07) is 45.0. The van der Waals surface area contributed by atoms with Crippen LogP contribution in [0, 0.1) is 0 Å². The molecule has 0 atom stereocenters. The average molecular weight is 1510 g/mol. The molecular formula is C96H96N12O6. The van der Waals surface area contributed by atoms with Gasteiger partial charge in [-0.2, -0.15) is 0 Å². The fourth-order valence-electron chi connectivity index (χ4n) is 12.9. The van der Waals surface area contributed by atoms with Crippen LogP contribution in [0.15, 0.2) is 220 Å². The van der Waals surface area contributed by atoms with E-state index >= 15 is 0 Å². The molecule has 0 fully saturated rings. The van der Waals surface area contributed by atoms with Crippen LogP contribution < -0.4 is 0 Å². The molecule has 18 heteroatoms. The van der Waals surface area contributed by atoms with E-state index in [4.69, 9.17) is 59.8 Å². The molecule has 22 rings (SSSR count). The van der Waals surface area contributed by atoms with Crippen molar-refractivity contribution >= 4 is 131 Å². The lowest BCUT2D eigenvalue weighted by atomic mass is 9.86. The smallest absolute Gasteiger partial charge is 0.149 e. The maximum atomic E-state index is 12.0. The largest absolute Gasteiger partial charge is 0.505 e. The van der Waals surface area contributed by atoms with Gasteiger partial charge < -0.3 is 30.6 Å². The number of phenols is 6. The number of hydrogen-bond donors (Lipinski definition) is 6. The van der Waals surface area contributed by atoms with Gasteiger partial charge in [-0.3, -0.25) is 59.8 Å². The molecule has 0 aliphatic carbocycles. The Balaban J connectivity index is 0.987. The molecule has 22 aromatic rings.